The predicted octanol–water partition coefficient (Wildman–Crippen LogP) is 2.88. The molecule has 0 bridgehead atoms. The highest BCUT2D eigenvalue weighted by molar-refractivity contribution is 5.85. The van der Waals surface area contributed by atoms with Gasteiger partial charge < -0.3 is 14.4 Å². The number of nitrogens with zero attached hydrogens (tertiary/aromatic N) is 4. The Kier molecular flexibility index (Phi) is 6.87. The monoisotopic (exact) mass is 382 g/mol. The van der Waals surface area contributed by atoms with Crippen molar-refractivity contribution in [1.82, 2.24) is 14.9 Å². The summed E-state index contributed by atoms with van der Waals surface area (Å²) in [6.07, 6.45) is 6.69. The summed E-state index contributed by atoms with van der Waals surface area (Å²) in [5.74, 6) is 2.36. The molecule has 2 aliphatic heterocycles. The summed E-state index contributed by atoms with van der Waals surface area (Å²) in [6, 6.07) is 7.94. The summed E-state index contributed by atoms with van der Waals surface area (Å²) in [4.78, 5) is 13.3. The zero-order valence-corrected chi connectivity index (χ0v) is 15.2. The molecule has 2 aliphatic rings. The Morgan fingerprint density at radius 2 is 1.56 bits per heavy atom. The van der Waals surface area contributed by atoms with Crippen molar-refractivity contribution in [2.45, 2.75) is 6.54 Å². The summed E-state index contributed by atoms with van der Waals surface area (Å²) < 4.78 is 10.9. The summed E-state index contributed by atoms with van der Waals surface area (Å²) in [5, 5.41) is 0. The van der Waals surface area contributed by atoms with E-state index >= 15 is 0 Å². The normalized spacial score (nSPS) is 15.9. The first-order valence-corrected chi connectivity index (χ1v) is 7.74. The fraction of sp³-hybridized carbons (Fsp3) is 0.294. The Bertz CT molecular complexity index is 707. The second-order valence-electron chi connectivity index (χ2n) is 5.60. The van der Waals surface area contributed by atoms with Crippen LogP contribution in [-0.2, 0) is 6.54 Å². The molecule has 4 rings (SSSR count). The third kappa shape index (κ3) is 4.54. The molecule has 134 valence electrons. The maximum atomic E-state index is 5.48. The first-order chi connectivity index (χ1) is 11.4. The minimum atomic E-state index is 0. The number of piperazine rings is 1. The van der Waals surface area contributed by atoms with Gasteiger partial charge in [-0.15, -0.1) is 24.8 Å². The highest BCUT2D eigenvalue weighted by Gasteiger charge is 2.19. The van der Waals surface area contributed by atoms with Crippen LogP contribution in [0.5, 0.6) is 11.5 Å². The fourth-order valence-corrected chi connectivity index (χ4v) is 2.86. The van der Waals surface area contributed by atoms with E-state index in [4.69, 9.17) is 9.47 Å². The summed E-state index contributed by atoms with van der Waals surface area (Å²) in [6.45, 7) is 4.78. The van der Waals surface area contributed by atoms with Crippen LogP contribution in [0.2, 0.25) is 0 Å². The van der Waals surface area contributed by atoms with E-state index in [-0.39, 0.29) is 24.8 Å². The van der Waals surface area contributed by atoms with Gasteiger partial charge in [0.15, 0.2) is 11.5 Å². The topological polar surface area (TPSA) is 50.7 Å². The zero-order valence-electron chi connectivity index (χ0n) is 13.6. The quantitative estimate of drug-likeness (QED) is 0.813. The van der Waals surface area contributed by atoms with Crippen LogP contribution in [-0.4, -0.2) is 41.0 Å². The van der Waals surface area contributed by atoms with Crippen molar-refractivity contribution in [3.63, 3.8) is 0 Å². The van der Waals surface area contributed by atoms with E-state index in [2.05, 4.69) is 25.8 Å². The van der Waals surface area contributed by atoms with Gasteiger partial charge in [-0.25, -0.2) is 9.97 Å². The first kappa shape index (κ1) is 19.3. The van der Waals surface area contributed by atoms with Crippen LogP contribution in [0.25, 0.3) is 0 Å². The van der Waals surface area contributed by atoms with E-state index in [1.165, 1.54) is 5.56 Å². The Labute approximate surface area is 159 Å². The Morgan fingerprint density at radius 1 is 0.880 bits per heavy atom. The number of anilines is 1. The first-order valence-electron chi connectivity index (χ1n) is 7.74. The molecule has 0 aliphatic carbocycles. The molecular formula is C17H20Cl2N4O2. The lowest BCUT2D eigenvalue weighted by molar-refractivity contribution is 0.248. The van der Waals surface area contributed by atoms with E-state index in [0.29, 0.717) is 0 Å². The largest absolute Gasteiger partial charge is 0.458 e. The summed E-state index contributed by atoms with van der Waals surface area (Å²) in [5.41, 5.74) is 1.23. The summed E-state index contributed by atoms with van der Waals surface area (Å²) in [7, 11) is 0. The fourth-order valence-electron chi connectivity index (χ4n) is 2.86. The third-order valence-corrected chi connectivity index (χ3v) is 4.07. The van der Waals surface area contributed by atoms with E-state index in [1.807, 2.05) is 18.2 Å². The molecule has 3 heterocycles. The SMILES string of the molecule is C1=COc2cc(CN3CCN(c4ncccn4)CC3)ccc2O1.Cl.Cl. The van der Waals surface area contributed by atoms with Gasteiger partial charge in [-0.1, -0.05) is 6.07 Å². The number of rotatable bonds is 3. The number of ether oxygens (including phenoxy) is 2. The lowest BCUT2D eigenvalue weighted by Crippen LogP contribution is -2.46. The van der Waals surface area contributed by atoms with Gasteiger partial charge >= 0.3 is 0 Å². The van der Waals surface area contributed by atoms with Crippen molar-refractivity contribution in [3.05, 3.63) is 54.7 Å². The van der Waals surface area contributed by atoms with E-state index in [1.54, 1.807) is 24.9 Å². The van der Waals surface area contributed by atoms with Crippen LogP contribution < -0.4 is 14.4 Å². The van der Waals surface area contributed by atoms with Crippen LogP contribution in [0.15, 0.2) is 49.2 Å². The van der Waals surface area contributed by atoms with Crippen molar-refractivity contribution in [1.29, 1.82) is 0 Å². The molecule has 0 radical (unpaired) electrons. The molecule has 8 heteroatoms. The van der Waals surface area contributed by atoms with Crippen LogP contribution in [0.1, 0.15) is 5.56 Å². The van der Waals surface area contributed by atoms with E-state index in [0.717, 1.165) is 50.2 Å². The molecule has 6 nitrogen and oxygen atoms in total. The Hall–Kier alpha value is -2.02. The molecule has 0 amide bonds. The van der Waals surface area contributed by atoms with Gasteiger partial charge in [-0.3, -0.25) is 4.90 Å². The van der Waals surface area contributed by atoms with Gasteiger partial charge in [-0.2, -0.15) is 0 Å². The standard InChI is InChI=1S/C17H18N4O2.2ClH/c1-4-18-17(19-5-1)21-8-6-20(7-9-21)13-14-2-3-15-16(12-14)23-11-10-22-15;;/h1-5,10-12H,6-9,13H2;2*1H. The smallest absolute Gasteiger partial charge is 0.225 e. The average Bonchev–Trinajstić information content (AvgIpc) is 2.63. The van der Waals surface area contributed by atoms with Gasteiger partial charge in [0.2, 0.25) is 5.95 Å². The maximum absolute atomic E-state index is 5.48. The molecule has 1 aromatic carbocycles. The third-order valence-electron chi connectivity index (χ3n) is 4.07. The van der Waals surface area contributed by atoms with Crippen LogP contribution >= 0.6 is 24.8 Å². The molecule has 2 aromatic rings. The molecule has 0 saturated carbocycles. The van der Waals surface area contributed by atoms with Crippen molar-refractivity contribution in [2.24, 2.45) is 0 Å². The molecule has 1 fully saturated rings. The molecule has 1 aromatic heterocycles. The van der Waals surface area contributed by atoms with E-state index < -0.39 is 0 Å². The molecule has 0 atom stereocenters. The lowest BCUT2D eigenvalue weighted by atomic mass is 10.1. The number of halogens is 2. The van der Waals surface area contributed by atoms with Gasteiger partial charge in [0.1, 0.15) is 12.5 Å². The molecule has 0 N–H and O–H groups in total. The van der Waals surface area contributed by atoms with Crippen LogP contribution in [0.3, 0.4) is 0 Å². The minimum absolute atomic E-state index is 0. The van der Waals surface area contributed by atoms with Crippen LogP contribution in [0, 0.1) is 0 Å². The highest BCUT2D eigenvalue weighted by atomic mass is 35.5. The van der Waals surface area contributed by atoms with Gasteiger partial charge in [0, 0.05) is 45.1 Å². The number of hydrogen-bond acceptors (Lipinski definition) is 6. The zero-order chi connectivity index (χ0) is 15.5. The molecule has 0 spiro atoms. The van der Waals surface area contributed by atoms with Gasteiger partial charge in [0.25, 0.3) is 0 Å². The molecule has 25 heavy (non-hydrogen) atoms. The number of hydrogen-bond donors (Lipinski definition) is 0. The molecule has 1 saturated heterocycles. The maximum Gasteiger partial charge on any atom is 0.225 e. The Morgan fingerprint density at radius 3 is 2.28 bits per heavy atom. The second-order valence-corrected chi connectivity index (χ2v) is 5.60. The predicted molar refractivity (Wildman–Crippen MR) is 101 cm³/mol. The average molecular weight is 383 g/mol. The van der Waals surface area contributed by atoms with E-state index in [9.17, 15) is 0 Å². The molecular weight excluding hydrogens is 363 g/mol. The summed E-state index contributed by atoms with van der Waals surface area (Å²) >= 11 is 0. The van der Waals surface area contributed by atoms with Crippen molar-refractivity contribution < 1.29 is 9.47 Å². The number of benzene rings is 1. The van der Waals surface area contributed by atoms with Crippen LogP contribution in [0.4, 0.5) is 5.95 Å². The minimum Gasteiger partial charge on any atom is -0.458 e. The van der Waals surface area contributed by atoms with Crippen molar-refractivity contribution in [2.75, 3.05) is 31.1 Å². The van der Waals surface area contributed by atoms with Crippen molar-refractivity contribution in [3.8, 4) is 11.5 Å². The lowest BCUT2D eigenvalue weighted by Gasteiger charge is -2.34. The van der Waals surface area contributed by atoms with Gasteiger partial charge in [0.05, 0.1) is 0 Å². The highest BCUT2D eigenvalue weighted by Crippen LogP contribution is 2.31. The number of fused-ring (bicyclic) bond motifs is 1. The van der Waals surface area contributed by atoms with Crippen molar-refractivity contribution >= 4 is 30.8 Å². The number of aromatic nitrogens is 2. The second kappa shape index (κ2) is 8.89. The molecule has 0 unspecified atom stereocenters. The van der Waals surface area contributed by atoms with Gasteiger partial charge in [-0.05, 0) is 23.8 Å². The Balaban J connectivity index is 0.00000113.